The third kappa shape index (κ3) is 5.73. The zero-order chi connectivity index (χ0) is 21.7. The number of ether oxygens (including phenoxy) is 2. The molecule has 162 valence electrons. The van der Waals surface area contributed by atoms with E-state index in [4.69, 9.17) is 13.7 Å². The van der Waals surface area contributed by atoms with Crippen LogP contribution in [-0.2, 0) is 26.2 Å². The van der Waals surface area contributed by atoms with Crippen molar-refractivity contribution in [1.82, 2.24) is 4.90 Å². The van der Waals surface area contributed by atoms with Crippen LogP contribution in [0.1, 0.15) is 23.5 Å². The van der Waals surface area contributed by atoms with Crippen molar-refractivity contribution in [1.29, 1.82) is 0 Å². The molecular formula is C22H27NO6S. The Balaban J connectivity index is 1.76. The molecule has 7 nitrogen and oxygen atoms in total. The van der Waals surface area contributed by atoms with E-state index in [-0.39, 0.29) is 23.5 Å². The van der Waals surface area contributed by atoms with Crippen LogP contribution in [0.15, 0.2) is 48.5 Å². The number of hydrogen-bond acceptors (Lipinski definition) is 6. The van der Waals surface area contributed by atoms with Gasteiger partial charge in [0.15, 0.2) is 11.5 Å². The quantitative estimate of drug-likeness (QED) is 0.536. The van der Waals surface area contributed by atoms with Gasteiger partial charge in [-0.25, -0.2) is 0 Å². The monoisotopic (exact) mass is 433 g/mol. The fraction of sp³-hybridized carbons (Fsp3) is 0.409. The van der Waals surface area contributed by atoms with Gasteiger partial charge in [0.2, 0.25) is 5.91 Å². The summed E-state index contributed by atoms with van der Waals surface area (Å²) in [6, 6.07) is 15.1. The second kappa shape index (κ2) is 9.49. The van der Waals surface area contributed by atoms with Crippen LogP contribution >= 0.6 is 0 Å². The zero-order valence-corrected chi connectivity index (χ0v) is 18.2. The molecule has 2 atom stereocenters. The maximum Gasteiger partial charge on any atom is 0.306 e. The van der Waals surface area contributed by atoms with E-state index >= 15 is 0 Å². The summed E-state index contributed by atoms with van der Waals surface area (Å²) in [5.41, 5.74) is 1.92. The Morgan fingerprint density at radius 3 is 2.47 bits per heavy atom. The lowest BCUT2D eigenvalue weighted by atomic mass is 10.1. The second-order valence-electron chi connectivity index (χ2n) is 7.38. The third-order valence-electron chi connectivity index (χ3n) is 5.05. The molecule has 1 aliphatic rings. The fourth-order valence-corrected chi connectivity index (χ4v) is 3.96. The van der Waals surface area contributed by atoms with Crippen LogP contribution in [0.5, 0.6) is 11.5 Å². The molecule has 0 heterocycles. The van der Waals surface area contributed by atoms with Crippen molar-refractivity contribution in [2.45, 2.75) is 18.9 Å². The number of carbonyl (C=O) groups is 1. The largest absolute Gasteiger partial charge is 0.493 e. The number of amides is 1. The number of hydrogen-bond donors (Lipinski definition) is 0. The Kier molecular flexibility index (Phi) is 6.99. The van der Waals surface area contributed by atoms with Crippen LogP contribution in [0.3, 0.4) is 0 Å². The first-order chi connectivity index (χ1) is 14.3. The van der Waals surface area contributed by atoms with Crippen LogP contribution in [0, 0.1) is 5.92 Å². The molecule has 3 rings (SSSR count). The lowest BCUT2D eigenvalue weighted by molar-refractivity contribution is -0.134. The summed E-state index contributed by atoms with van der Waals surface area (Å²) >= 11 is 0. The highest BCUT2D eigenvalue weighted by Crippen LogP contribution is 2.48. The normalized spacial score (nSPS) is 18.0. The average Bonchev–Trinajstić information content (AvgIpc) is 3.51. The molecule has 1 fully saturated rings. The minimum absolute atomic E-state index is 0.0470. The Bertz CT molecular complexity index is 976. The average molecular weight is 434 g/mol. The summed E-state index contributed by atoms with van der Waals surface area (Å²) in [6.07, 6.45) is 1.81. The Morgan fingerprint density at radius 2 is 1.83 bits per heavy atom. The van der Waals surface area contributed by atoms with E-state index in [0.717, 1.165) is 18.2 Å². The van der Waals surface area contributed by atoms with E-state index in [0.29, 0.717) is 25.4 Å². The van der Waals surface area contributed by atoms with Gasteiger partial charge in [-0.3, -0.25) is 4.79 Å². The molecule has 8 heteroatoms. The van der Waals surface area contributed by atoms with Crippen molar-refractivity contribution < 1.29 is 26.9 Å². The molecule has 0 bridgehead atoms. The highest BCUT2D eigenvalue weighted by Gasteiger charge is 2.45. The molecule has 0 saturated heterocycles. The smallest absolute Gasteiger partial charge is 0.306 e. The van der Waals surface area contributed by atoms with E-state index < -0.39 is 10.1 Å². The van der Waals surface area contributed by atoms with Gasteiger partial charge >= 0.3 is 10.1 Å². The van der Waals surface area contributed by atoms with Gasteiger partial charge in [0, 0.05) is 26.1 Å². The first-order valence-corrected chi connectivity index (χ1v) is 11.5. The number of rotatable bonds is 10. The van der Waals surface area contributed by atoms with Crippen LogP contribution in [0.25, 0.3) is 0 Å². The van der Waals surface area contributed by atoms with Crippen molar-refractivity contribution >= 4 is 16.0 Å². The zero-order valence-electron chi connectivity index (χ0n) is 17.4. The lowest BCUT2D eigenvalue weighted by Gasteiger charge is -2.23. The van der Waals surface area contributed by atoms with Crippen LogP contribution in [0.2, 0.25) is 0 Å². The molecule has 30 heavy (non-hydrogen) atoms. The predicted molar refractivity (Wildman–Crippen MR) is 113 cm³/mol. The summed E-state index contributed by atoms with van der Waals surface area (Å²) < 4.78 is 38.5. The molecule has 2 aromatic rings. The fourth-order valence-electron chi connectivity index (χ4n) is 3.51. The molecule has 2 unspecified atom stereocenters. The minimum Gasteiger partial charge on any atom is -0.493 e. The molecule has 0 aromatic heterocycles. The second-order valence-corrected chi connectivity index (χ2v) is 8.96. The van der Waals surface area contributed by atoms with Gasteiger partial charge in [-0.15, -0.1) is 0 Å². The SMILES string of the molecule is COCCN(Cc1ccc(OC)c(OS(C)(=O)=O)c1)C(=O)C1CC1c1ccccc1. The Labute approximate surface area is 177 Å². The molecular weight excluding hydrogens is 406 g/mol. The van der Waals surface area contributed by atoms with Crippen LogP contribution in [0.4, 0.5) is 0 Å². The van der Waals surface area contributed by atoms with Crippen molar-refractivity contribution in [3.8, 4) is 11.5 Å². The molecule has 0 aliphatic heterocycles. The summed E-state index contributed by atoms with van der Waals surface area (Å²) in [7, 11) is -0.672. The summed E-state index contributed by atoms with van der Waals surface area (Å²) in [5.74, 6) is 0.677. The van der Waals surface area contributed by atoms with Gasteiger partial charge in [-0.1, -0.05) is 36.4 Å². The first kappa shape index (κ1) is 22.1. The van der Waals surface area contributed by atoms with Crippen LogP contribution in [-0.4, -0.2) is 52.9 Å². The third-order valence-corrected chi connectivity index (χ3v) is 5.54. The van der Waals surface area contributed by atoms with Crippen molar-refractivity contribution in [3.63, 3.8) is 0 Å². The Morgan fingerprint density at radius 1 is 1.10 bits per heavy atom. The maximum atomic E-state index is 13.2. The molecule has 1 aliphatic carbocycles. The summed E-state index contributed by atoms with van der Waals surface area (Å²) in [4.78, 5) is 14.9. The number of benzene rings is 2. The van der Waals surface area contributed by atoms with E-state index in [1.807, 2.05) is 18.2 Å². The number of carbonyl (C=O) groups excluding carboxylic acids is 1. The first-order valence-electron chi connectivity index (χ1n) is 9.71. The topological polar surface area (TPSA) is 82.1 Å². The van der Waals surface area contributed by atoms with Crippen molar-refractivity contribution in [2.24, 2.45) is 5.92 Å². The van der Waals surface area contributed by atoms with E-state index in [1.165, 1.54) is 12.7 Å². The van der Waals surface area contributed by atoms with Gasteiger partial charge in [0.25, 0.3) is 0 Å². The molecule has 0 N–H and O–H groups in total. The molecule has 1 amide bonds. The van der Waals surface area contributed by atoms with Crippen molar-refractivity contribution in [2.75, 3.05) is 33.6 Å². The lowest BCUT2D eigenvalue weighted by Crippen LogP contribution is -2.34. The molecule has 0 spiro atoms. The van der Waals surface area contributed by atoms with Crippen LogP contribution < -0.4 is 8.92 Å². The minimum atomic E-state index is -3.71. The standard InChI is InChI=1S/C22H27NO6S/c1-27-12-11-23(22(24)19-14-18(19)17-7-5-4-6-8-17)15-16-9-10-20(28-2)21(13-16)29-30(3,25)26/h4-10,13,18-19H,11-12,14-15H2,1-3H3. The summed E-state index contributed by atoms with van der Waals surface area (Å²) in [6.45, 7) is 1.18. The number of nitrogens with zero attached hydrogens (tertiary/aromatic N) is 1. The van der Waals surface area contributed by atoms with Gasteiger partial charge in [0.1, 0.15) is 0 Å². The Hall–Kier alpha value is -2.58. The van der Waals surface area contributed by atoms with Gasteiger partial charge in [-0.05, 0) is 35.6 Å². The molecule has 1 saturated carbocycles. The summed E-state index contributed by atoms with van der Waals surface area (Å²) in [5, 5.41) is 0. The predicted octanol–water partition coefficient (Wildman–Crippen LogP) is 2.81. The molecule has 0 radical (unpaired) electrons. The highest BCUT2D eigenvalue weighted by atomic mass is 32.2. The van der Waals surface area contributed by atoms with Gasteiger partial charge in [0.05, 0.1) is 20.0 Å². The molecule has 2 aromatic carbocycles. The maximum absolute atomic E-state index is 13.2. The van der Waals surface area contributed by atoms with E-state index in [2.05, 4.69) is 12.1 Å². The van der Waals surface area contributed by atoms with E-state index in [1.54, 1.807) is 30.2 Å². The van der Waals surface area contributed by atoms with Gasteiger partial charge < -0.3 is 18.6 Å². The van der Waals surface area contributed by atoms with Crippen molar-refractivity contribution in [3.05, 3.63) is 59.7 Å². The van der Waals surface area contributed by atoms with Gasteiger partial charge in [-0.2, -0.15) is 8.42 Å². The van der Waals surface area contributed by atoms with E-state index in [9.17, 15) is 13.2 Å². The number of methoxy groups -OCH3 is 2. The highest BCUT2D eigenvalue weighted by molar-refractivity contribution is 7.86.